The van der Waals surface area contributed by atoms with Gasteiger partial charge in [0.05, 0.1) is 5.02 Å². The average molecular weight is 230 g/mol. The van der Waals surface area contributed by atoms with Gasteiger partial charge in [-0.3, -0.25) is 0 Å². The lowest BCUT2D eigenvalue weighted by molar-refractivity contribution is 0.511. The summed E-state index contributed by atoms with van der Waals surface area (Å²) in [4.78, 5) is 2.13. The minimum atomic E-state index is -0.364. The fourth-order valence-corrected chi connectivity index (χ4v) is 1.81. The summed E-state index contributed by atoms with van der Waals surface area (Å²) in [6.07, 6.45) is 0. The molecule has 0 atom stereocenters. The van der Waals surface area contributed by atoms with E-state index in [1.807, 2.05) is 6.07 Å². The topological polar surface area (TPSA) is 3.24 Å². The molecule has 0 saturated carbocycles. The highest BCUT2D eigenvalue weighted by atomic mass is 35.5. The molecule has 1 rings (SSSR count). The van der Waals surface area contributed by atoms with E-state index in [4.69, 9.17) is 11.6 Å². The van der Waals surface area contributed by atoms with Crippen LogP contribution >= 0.6 is 11.6 Å². The summed E-state index contributed by atoms with van der Waals surface area (Å²) >= 11 is 5.65. The number of halogens is 2. The Balaban J connectivity index is 3.08. The van der Waals surface area contributed by atoms with Gasteiger partial charge in [-0.25, -0.2) is 4.39 Å². The molecular weight excluding hydrogens is 213 g/mol. The van der Waals surface area contributed by atoms with Crippen LogP contribution in [0.25, 0.3) is 0 Å². The van der Waals surface area contributed by atoms with Gasteiger partial charge in [-0.2, -0.15) is 0 Å². The molecule has 0 N–H and O–H groups in total. The van der Waals surface area contributed by atoms with Crippen LogP contribution in [0.15, 0.2) is 18.2 Å². The zero-order chi connectivity index (χ0) is 11.6. The lowest BCUT2D eigenvalue weighted by Gasteiger charge is -2.37. The van der Waals surface area contributed by atoms with Crippen LogP contribution in [0, 0.1) is 5.82 Å². The third kappa shape index (κ3) is 2.85. The van der Waals surface area contributed by atoms with E-state index in [0.29, 0.717) is 0 Å². The van der Waals surface area contributed by atoms with Gasteiger partial charge < -0.3 is 4.90 Å². The molecule has 3 heteroatoms. The van der Waals surface area contributed by atoms with Gasteiger partial charge in [0.15, 0.2) is 0 Å². The van der Waals surface area contributed by atoms with Crippen LogP contribution in [0.5, 0.6) is 0 Å². The molecule has 0 aliphatic carbocycles. The zero-order valence-electron chi connectivity index (χ0n) is 9.64. The molecule has 0 fully saturated rings. The maximum absolute atomic E-state index is 13.3. The normalized spacial score (nSPS) is 11.6. The number of anilines is 1. The second kappa shape index (κ2) is 4.40. The Morgan fingerprint density at radius 1 is 1.33 bits per heavy atom. The summed E-state index contributed by atoms with van der Waals surface area (Å²) in [6, 6.07) is 4.93. The number of rotatable bonds is 2. The van der Waals surface area contributed by atoms with Crippen LogP contribution in [0.2, 0.25) is 5.02 Å². The van der Waals surface area contributed by atoms with Crippen LogP contribution in [-0.4, -0.2) is 12.1 Å². The first-order chi connectivity index (χ1) is 6.86. The SMILES string of the molecule is CCN(c1ccc(Cl)c(F)c1)C(C)(C)C. The summed E-state index contributed by atoms with van der Waals surface area (Å²) in [5, 5.41) is 0.170. The van der Waals surface area contributed by atoms with Crippen LogP contribution in [-0.2, 0) is 0 Å². The summed E-state index contributed by atoms with van der Waals surface area (Å²) in [5.74, 6) is -0.364. The van der Waals surface area contributed by atoms with Gasteiger partial charge in [0.2, 0.25) is 0 Å². The maximum atomic E-state index is 13.3. The molecule has 0 bridgehead atoms. The predicted octanol–water partition coefficient (Wildman–Crippen LogP) is 4.10. The molecule has 0 aromatic heterocycles. The van der Waals surface area contributed by atoms with Crippen molar-refractivity contribution in [3.05, 3.63) is 29.0 Å². The Morgan fingerprint density at radius 2 is 1.93 bits per heavy atom. The van der Waals surface area contributed by atoms with Crippen molar-refractivity contribution in [2.75, 3.05) is 11.4 Å². The van der Waals surface area contributed by atoms with Crippen molar-refractivity contribution in [2.45, 2.75) is 33.2 Å². The van der Waals surface area contributed by atoms with E-state index in [2.05, 4.69) is 32.6 Å². The van der Waals surface area contributed by atoms with Crippen LogP contribution < -0.4 is 4.90 Å². The molecule has 84 valence electrons. The lowest BCUT2D eigenvalue weighted by atomic mass is 10.0. The van der Waals surface area contributed by atoms with Crippen LogP contribution in [0.1, 0.15) is 27.7 Å². The maximum Gasteiger partial charge on any atom is 0.143 e. The van der Waals surface area contributed by atoms with Crippen molar-refractivity contribution < 1.29 is 4.39 Å². The van der Waals surface area contributed by atoms with Crippen molar-refractivity contribution >= 4 is 17.3 Å². The number of hydrogen-bond donors (Lipinski definition) is 0. The molecule has 0 radical (unpaired) electrons. The van der Waals surface area contributed by atoms with Gasteiger partial charge in [-0.05, 0) is 45.9 Å². The molecule has 0 amide bonds. The van der Waals surface area contributed by atoms with Gasteiger partial charge in [0.25, 0.3) is 0 Å². The fraction of sp³-hybridized carbons (Fsp3) is 0.500. The highest BCUT2D eigenvalue weighted by molar-refractivity contribution is 6.30. The van der Waals surface area contributed by atoms with Crippen LogP contribution in [0.3, 0.4) is 0 Å². The standard InChI is InChI=1S/C12H17ClFN/c1-5-15(12(2,3)4)9-6-7-10(13)11(14)8-9/h6-8H,5H2,1-4H3. The third-order valence-electron chi connectivity index (χ3n) is 2.34. The lowest BCUT2D eigenvalue weighted by Crippen LogP contribution is -2.41. The first-order valence-corrected chi connectivity index (χ1v) is 5.46. The first-order valence-electron chi connectivity index (χ1n) is 5.09. The second-order valence-corrected chi connectivity index (χ2v) is 4.92. The Hall–Kier alpha value is -0.760. The summed E-state index contributed by atoms with van der Waals surface area (Å²) in [6.45, 7) is 9.19. The van der Waals surface area contributed by atoms with Crippen LogP contribution in [0.4, 0.5) is 10.1 Å². The minimum Gasteiger partial charge on any atom is -0.367 e. The van der Waals surface area contributed by atoms with E-state index in [9.17, 15) is 4.39 Å². The largest absolute Gasteiger partial charge is 0.367 e. The van der Waals surface area contributed by atoms with E-state index < -0.39 is 0 Å². The van der Waals surface area contributed by atoms with Crippen molar-refractivity contribution in [1.82, 2.24) is 0 Å². The molecule has 0 aliphatic heterocycles. The molecule has 1 aromatic rings. The predicted molar refractivity (Wildman–Crippen MR) is 64.2 cm³/mol. The molecule has 1 nitrogen and oxygen atoms in total. The van der Waals surface area contributed by atoms with Gasteiger partial charge in [0, 0.05) is 17.8 Å². The number of nitrogens with zero attached hydrogens (tertiary/aromatic N) is 1. The van der Waals surface area contributed by atoms with E-state index in [0.717, 1.165) is 12.2 Å². The summed E-state index contributed by atoms with van der Waals surface area (Å²) < 4.78 is 13.3. The average Bonchev–Trinajstić information content (AvgIpc) is 2.10. The van der Waals surface area contributed by atoms with Gasteiger partial charge >= 0.3 is 0 Å². The van der Waals surface area contributed by atoms with Crippen molar-refractivity contribution in [3.63, 3.8) is 0 Å². The fourth-order valence-electron chi connectivity index (χ4n) is 1.70. The van der Waals surface area contributed by atoms with Gasteiger partial charge in [-0.15, -0.1) is 0 Å². The van der Waals surface area contributed by atoms with Crippen molar-refractivity contribution in [3.8, 4) is 0 Å². The summed E-state index contributed by atoms with van der Waals surface area (Å²) in [7, 11) is 0. The Kier molecular flexibility index (Phi) is 3.61. The monoisotopic (exact) mass is 229 g/mol. The molecule has 0 saturated heterocycles. The number of hydrogen-bond acceptors (Lipinski definition) is 1. The first kappa shape index (κ1) is 12.3. The zero-order valence-corrected chi connectivity index (χ0v) is 10.4. The Morgan fingerprint density at radius 3 is 2.33 bits per heavy atom. The van der Waals surface area contributed by atoms with E-state index in [1.165, 1.54) is 6.07 Å². The smallest absolute Gasteiger partial charge is 0.143 e. The van der Waals surface area contributed by atoms with E-state index in [1.54, 1.807) is 6.07 Å². The third-order valence-corrected chi connectivity index (χ3v) is 2.65. The second-order valence-electron chi connectivity index (χ2n) is 4.51. The van der Waals surface area contributed by atoms with Gasteiger partial charge in [-0.1, -0.05) is 11.6 Å². The Labute approximate surface area is 95.8 Å². The minimum absolute atomic E-state index is 0.0188. The highest BCUT2D eigenvalue weighted by Gasteiger charge is 2.20. The van der Waals surface area contributed by atoms with Crippen molar-refractivity contribution in [1.29, 1.82) is 0 Å². The summed E-state index contributed by atoms with van der Waals surface area (Å²) in [5.41, 5.74) is 0.849. The highest BCUT2D eigenvalue weighted by Crippen LogP contribution is 2.26. The molecule has 0 unspecified atom stereocenters. The molecule has 15 heavy (non-hydrogen) atoms. The molecular formula is C12H17ClFN. The molecule has 0 aliphatic rings. The molecule has 0 heterocycles. The van der Waals surface area contributed by atoms with E-state index in [-0.39, 0.29) is 16.4 Å². The van der Waals surface area contributed by atoms with E-state index >= 15 is 0 Å². The molecule has 0 spiro atoms. The Bertz CT molecular complexity index is 344. The van der Waals surface area contributed by atoms with Crippen molar-refractivity contribution in [2.24, 2.45) is 0 Å². The molecule has 1 aromatic carbocycles. The quantitative estimate of drug-likeness (QED) is 0.738. The van der Waals surface area contributed by atoms with Gasteiger partial charge in [0.1, 0.15) is 5.82 Å². The number of benzene rings is 1.